The molecule has 0 radical (unpaired) electrons. The number of nitrogens with one attached hydrogen (secondary N) is 2. The summed E-state index contributed by atoms with van der Waals surface area (Å²) < 4.78 is 0. The second-order valence-electron chi connectivity index (χ2n) is 9.65. The fourth-order valence-corrected chi connectivity index (χ4v) is 5.62. The topological polar surface area (TPSA) is 103 Å². The van der Waals surface area contributed by atoms with Crippen molar-refractivity contribution in [1.82, 2.24) is 20.1 Å². The maximum atomic E-state index is 13.0. The molecule has 0 bridgehead atoms. The van der Waals surface area contributed by atoms with Gasteiger partial charge in [0.25, 0.3) is 11.8 Å². The number of imide groups is 1. The van der Waals surface area contributed by atoms with Gasteiger partial charge in [-0.15, -0.1) is 0 Å². The Balaban J connectivity index is 1.12. The Kier molecular flexibility index (Phi) is 5.16. The number of nitrogens with zero attached hydrogens (tertiary/aromatic N) is 2. The zero-order valence-corrected chi connectivity index (χ0v) is 19.3. The number of rotatable bonds is 3. The van der Waals surface area contributed by atoms with Crippen molar-refractivity contribution < 1.29 is 19.2 Å². The van der Waals surface area contributed by atoms with Crippen LogP contribution in [0.4, 0.5) is 0 Å². The van der Waals surface area contributed by atoms with E-state index < -0.39 is 11.9 Å². The average molecular weight is 471 g/mol. The third-order valence-corrected chi connectivity index (χ3v) is 7.56. The van der Waals surface area contributed by atoms with Crippen LogP contribution in [0.5, 0.6) is 0 Å². The van der Waals surface area contributed by atoms with Crippen molar-refractivity contribution in [3.63, 3.8) is 0 Å². The number of likely N-dealkylation sites (tertiary alicyclic amines) is 1. The number of carbonyl (C=O) groups is 4. The molecule has 6 rings (SSSR count). The fraction of sp³-hybridized carbons (Fsp3) is 0.333. The molecule has 2 saturated heterocycles. The van der Waals surface area contributed by atoms with Gasteiger partial charge in [-0.05, 0) is 54.5 Å². The zero-order valence-electron chi connectivity index (χ0n) is 19.3. The molecule has 3 aliphatic rings. The molecule has 0 spiro atoms. The molecule has 3 aromatic rings. The Morgan fingerprint density at radius 3 is 2.51 bits per heavy atom. The number of hydrogen-bond donors (Lipinski definition) is 2. The third kappa shape index (κ3) is 3.79. The number of H-pyrrole nitrogens is 1. The van der Waals surface area contributed by atoms with E-state index in [1.807, 2.05) is 47.4 Å². The molecule has 1 aromatic heterocycles. The molecule has 8 heteroatoms. The van der Waals surface area contributed by atoms with Crippen LogP contribution in [0, 0.1) is 0 Å². The van der Waals surface area contributed by atoms with Crippen LogP contribution in [-0.4, -0.2) is 57.5 Å². The Morgan fingerprint density at radius 1 is 0.943 bits per heavy atom. The number of hydrogen-bond acceptors (Lipinski definition) is 4. The minimum absolute atomic E-state index is 0.0269. The first-order valence-corrected chi connectivity index (χ1v) is 12.1. The summed E-state index contributed by atoms with van der Waals surface area (Å²) in [4.78, 5) is 56.5. The summed E-state index contributed by atoms with van der Waals surface area (Å²) in [5.41, 5.74) is 4.30. The van der Waals surface area contributed by atoms with E-state index in [1.165, 1.54) is 5.56 Å². The Morgan fingerprint density at radius 2 is 1.74 bits per heavy atom. The van der Waals surface area contributed by atoms with Crippen molar-refractivity contribution in [2.45, 2.75) is 44.2 Å². The Labute approximate surface area is 202 Å². The van der Waals surface area contributed by atoms with Gasteiger partial charge in [0.15, 0.2) is 0 Å². The molecule has 178 valence electrons. The molecular formula is C27H26N4O4. The van der Waals surface area contributed by atoms with Crippen LogP contribution in [0.15, 0.2) is 48.5 Å². The van der Waals surface area contributed by atoms with E-state index in [2.05, 4.69) is 16.4 Å². The molecule has 35 heavy (non-hydrogen) atoms. The first-order valence-electron chi connectivity index (χ1n) is 12.1. The Bertz CT molecular complexity index is 1340. The SMILES string of the molecule is O=C1CCC(N2Cc3cc(C4CCN(C(=O)c5cc6ccccc6[nH]5)CC4)ccc3C2=O)C(=O)N1. The lowest BCUT2D eigenvalue weighted by Crippen LogP contribution is -2.52. The molecule has 1 atom stereocenters. The second kappa shape index (κ2) is 8.37. The molecule has 0 aliphatic carbocycles. The standard InChI is InChI=1S/C27H26N4O4/c32-24-8-7-23(25(33)29-24)31-15-19-13-17(5-6-20(19)26(31)34)16-9-11-30(12-10-16)27(35)22-14-18-3-1-2-4-21(18)28-22/h1-6,13-14,16,23,28H,7-12,15H2,(H,29,32,33). The lowest BCUT2D eigenvalue weighted by Gasteiger charge is -2.32. The highest BCUT2D eigenvalue weighted by atomic mass is 16.2. The van der Waals surface area contributed by atoms with Gasteiger partial charge >= 0.3 is 0 Å². The second-order valence-corrected chi connectivity index (χ2v) is 9.65. The van der Waals surface area contributed by atoms with Crippen molar-refractivity contribution in [3.8, 4) is 0 Å². The van der Waals surface area contributed by atoms with E-state index >= 15 is 0 Å². The number of aromatic nitrogens is 1. The van der Waals surface area contributed by atoms with Crippen LogP contribution in [0.25, 0.3) is 10.9 Å². The summed E-state index contributed by atoms with van der Waals surface area (Å²) in [6.07, 6.45) is 2.32. The van der Waals surface area contributed by atoms with Crippen molar-refractivity contribution in [3.05, 3.63) is 70.9 Å². The molecule has 2 aromatic carbocycles. The van der Waals surface area contributed by atoms with Crippen molar-refractivity contribution >= 4 is 34.5 Å². The summed E-state index contributed by atoms with van der Waals surface area (Å²) in [5.74, 6) is -0.493. The van der Waals surface area contributed by atoms with Crippen LogP contribution in [0.2, 0.25) is 0 Å². The van der Waals surface area contributed by atoms with Crippen LogP contribution in [0.1, 0.15) is 63.6 Å². The summed E-state index contributed by atoms with van der Waals surface area (Å²) >= 11 is 0. The molecule has 8 nitrogen and oxygen atoms in total. The highest BCUT2D eigenvalue weighted by Gasteiger charge is 2.39. The van der Waals surface area contributed by atoms with E-state index in [0.717, 1.165) is 29.3 Å². The maximum Gasteiger partial charge on any atom is 0.270 e. The van der Waals surface area contributed by atoms with Gasteiger partial charge in [0.2, 0.25) is 11.8 Å². The third-order valence-electron chi connectivity index (χ3n) is 7.56. The van der Waals surface area contributed by atoms with E-state index in [-0.39, 0.29) is 24.1 Å². The summed E-state index contributed by atoms with van der Waals surface area (Å²) in [6.45, 7) is 1.74. The fourth-order valence-electron chi connectivity index (χ4n) is 5.62. The lowest BCUT2D eigenvalue weighted by molar-refractivity contribution is -0.136. The smallest absolute Gasteiger partial charge is 0.270 e. The minimum Gasteiger partial charge on any atom is -0.351 e. The average Bonchev–Trinajstić information content (AvgIpc) is 3.45. The van der Waals surface area contributed by atoms with Gasteiger partial charge < -0.3 is 14.8 Å². The predicted octanol–water partition coefficient (Wildman–Crippen LogP) is 2.95. The predicted molar refractivity (Wildman–Crippen MR) is 129 cm³/mol. The maximum absolute atomic E-state index is 13.0. The van der Waals surface area contributed by atoms with Crippen LogP contribution >= 0.6 is 0 Å². The van der Waals surface area contributed by atoms with Crippen LogP contribution in [-0.2, 0) is 16.1 Å². The van der Waals surface area contributed by atoms with Crippen LogP contribution < -0.4 is 5.32 Å². The molecule has 4 amide bonds. The molecule has 1 unspecified atom stereocenters. The molecular weight excluding hydrogens is 444 g/mol. The van der Waals surface area contributed by atoms with Gasteiger partial charge in [-0.1, -0.05) is 30.3 Å². The summed E-state index contributed by atoms with van der Waals surface area (Å²) in [5, 5.41) is 3.38. The van der Waals surface area contributed by atoms with E-state index in [4.69, 9.17) is 0 Å². The number of benzene rings is 2. The quantitative estimate of drug-likeness (QED) is 0.575. The molecule has 2 fully saturated rings. The summed E-state index contributed by atoms with van der Waals surface area (Å²) in [7, 11) is 0. The molecule has 2 N–H and O–H groups in total. The number of amides is 4. The Hall–Kier alpha value is -3.94. The number of piperidine rings is 2. The summed E-state index contributed by atoms with van der Waals surface area (Å²) in [6, 6.07) is 15.1. The highest BCUT2D eigenvalue weighted by molar-refractivity contribution is 6.05. The monoisotopic (exact) mass is 470 g/mol. The van der Waals surface area contributed by atoms with Gasteiger partial charge in [0.1, 0.15) is 11.7 Å². The number of carbonyl (C=O) groups excluding carboxylic acids is 4. The van der Waals surface area contributed by atoms with Crippen molar-refractivity contribution in [2.24, 2.45) is 0 Å². The van der Waals surface area contributed by atoms with Gasteiger partial charge in [-0.3, -0.25) is 24.5 Å². The van der Waals surface area contributed by atoms with Crippen molar-refractivity contribution in [2.75, 3.05) is 13.1 Å². The van der Waals surface area contributed by atoms with E-state index in [0.29, 0.717) is 43.2 Å². The highest BCUT2D eigenvalue weighted by Crippen LogP contribution is 2.34. The minimum atomic E-state index is -0.602. The number of para-hydroxylation sites is 1. The van der Waals surface area contributed by atoms with E-state index in [1.54, 1.807) is 4.90 Å². The number of fused-ring (bicyclic) bond motifs is 2. The van der Waals surface area contributed by atoms with E-state index in [9.17, 15) is 19.2 Å². The first-order chi connectivity index (χ1) is 17.0. The zero-order chi connectivity index (χ0) is 24.1. The van der Waals surface area contributed by atoms with Crippen molar-refractivity contribution in [1.29, 1.82) is 0 Å². The van der Waals surface area contributed by atoms with Gasteiger partial charge in [-0.2, -0.15) is 0 Å². The first kappa shape index (κ1) is 21.6. The largest absolute Gasteiger partial charge is 0.351 e. The molecule has 3 aliphatic heterocycles. The van der Waals surface area contributed by atoms with Gasteiger partial charge in [0.05, 0.1) is 0 Å². The van der Waals surface area contributed by atoms with Gasteiger partial charge in [0, 0.05) is 42.5 Å². The molecule has 4 heterocycles. The normalized spacial score (nSPS) is 20.9. The van der Waals surface area contributed by atoms with Crippen LogP contribution in [0.3, 0.4) is 0 Å². The van der Waals surface area contributed by atoms with Gasteiger partial charge in [-0.25, -0.2) is 0 Å². The lowest BCUT2D eigenvalue weighted by atomic mass is 9.88. The molecule has 0 saturated carbocycles. The number of aromatic amines is 1.